The van der Waals surface area contributed by atoms with Crippen LogP contribution in [0.15, 0.2) is 41.6 Å². The quantitative estimate of drug-likeness (QED) is 0.548. The van der Waals surface area contributed by atoms with Crippen molar-refractivity contribution in [2.45, 2.75) is 4.90 Å². The van der Waals surface area contributed by atoms with Crippen LogP contribution in [0.25, 0.3) is 10.8 Å². The molecule has 0 bridgehead atoms. The summed E-state index contributed by atoms with van der Waals surface area (Å²) in [6, 6.07) is 6.72. The van der Waals surface area contributed by atoms with Gasteiger partial charge in [0.2, 0.25) is 10.0 Å². The van der Waals surface area contributed by atoms with Crippen LogP contribution in [0.1, 0.15) is 0 Å². The van der Waals surface area contributed by atoms with E-state index in [1.165, 1.54) is 4.90 Å². The van der Waals surface area contributed by atoms with Gasteiger partial charge in [-0.3, -0.25) is 10.4 Å². The Labute approximate surface area is 135 Å². The van der Waals surface area contributed by atoms with Gasteiger partial charge in [-0.2, -0.15) is 0 Å². The highest BCUT2D eigenvalue weighted by Crippen LogP contribution is 2.21. The van der Waals surface area contributed by atoms with Crippen LogP contribution in [0.4, 0.5) is 0 Å². The van der Waals surface area contributed by atoms with Crippen molar-refractivity contribution in [2.75, 3.05) is 20.1 Å². The summed E-state index contributed by atoms with van der Waals surface area (Å²) >= 11 is 0. The van der Waals surface area contributed by atoms with Gasteiger partial charge in [0.15, 0.2) is 5.96 Å². The molecule has 0 aliphatic heterocycles. The number of nitrogens with one attached hydrogen (secondary N) is 2. The van der Waals surface area contributed by atoms with Crippen LogP contribution in [0.5, 0.6) is 0 Å². The summed E-state index contributed by atoms with van der Waals surface area (Å²) in [6.45, 7) is 0.487. The van der Waals surface area contributed by atoms with Gasteiger partial charge >= 0.3 is 0 Å². The molecule has 0 unspecified atom stereocenters. The molecular weight excluding hydrogens is 326 g/mol. The fraction of sp³-hybridized carbons (Fsp3) is 0.231. The molecule has 0 saturated carbocycles. The Bertz CT molecular complexity index is 761. The number of rotatable bonds is 5. The first-order chi connectivity index (χ1) is 9.92. The van der Waals surface area contributed by atoms with Crippen LogP contribution >= 0.6 is 12.4 Å². The Morgan fingerprint density at radius 3 is 2.82 bits per heavy atom. The molecule has 0 atom stereocenters. The maximum Gasteiger partial charge on any atom is 0.241 e. The highest BCUT2D eigenvalue weighted by Gasteiger charge is 2.16. The van der Waals surface area contributed by atoms with E-state index in [0.29, 0.717) is 11.9 Å². The number of nitrogens with zero attached hydrogens (tertiary/aromatic N) is 2. The number of hydrogen-bond donors (Lipinski definition) is 3. The number of benzene rings is 1. The van der Waals surface area contributed by atoms with Crippen molar-refractivity contribution in [2.24, 2.45) is 5.73 Å². The lowest BCUT2D eigenvalue weighted by atomic mass is 10.2. The van der Waals surface area contributed by atoms with Crippen LogP contribution in [0.2, 0.25) is 0 Å². The highest BCUT2D eigenvalue weighted by molar-refractivity contribution is 7.89. The number of nitrogens with two attached hydrogens (primary N) is 1. The van der Waals surface area contributed by atoms with Crippen LogP contribution in [0.3, 0.4) is 0 Å². The van der Waals surface area contributed by atoms with E-state index in [9.17, 15) is 8.42 Å². The SMILES string of the molecule is CN(CCNS(=O)(=O)c1cccc2cnccc12)C(=N)N.Cl. The van der Waals surface area contributed by atoms with Crippen molar-refractivity contribution in [3.8, 4) is 0 Å². The smallest absolute Gasteiger partial charge is 0.241 e. The first kappa shape index (κ1) is 18.1. The lowest BCUT2D eigenvalue weighted by Gasteiger charge is -2.17. The third-order valence-corrected chi connectivity index (χ3v) is 4.60. The molecule has 9 heteroatoms. The van der Waals surface area contributed by atoms with Gasteiger partial charge in [0, 0.05) is 43.3 Å². The number of guanidine groups is 1. The standard InChI is InChI=1S/C13H17N5O2S.ClH/c1-18(13(14)15)8-7-17-21(19,20)12-4-2-3-10-9-16-6-5-11(10)12;/h2-6,9,17H,7-8H2,1H3,(H3,14,15);1H. The molecule has 0 amide bonds. The van der Waals surface area contributed by atoms with Crippen molar-refractivity contribution in [3.63, 3.8) is 0 Å². The first-order valence-corrected chi connectivity index (χ1v) is 7.78. The van der Waals surface area contributed by atoms with Gasteiger partial charge in [-0.25, -0.2) is 13.1 Å². The van der Waals surface area contributed by atoms with E-state index in [1.807, 2.05) is 6.07 Å². The van der Waals surface area contributed by atoms with Gasteiger partial charge in [-0.1, -0.05) is 12.1 Å². The highest BCUT2D eigenvalue weighted by atomic mass is 35.5. The molecule has 0 aliphatic carbocycles. The summed E-state index contributed by atoms with van der Waals surface area (Å²) in [5.41, 5.74) is 5.30. The van der Waals surface area contributed by atoms with Crippen molar-refractivity contribution in [1.29, 1.82) is 5.41 Å². The van der Waals surface area contributed by atoms with Gasteiger partial charge in [-0.15, -0.1) is 12.4 Å². The Hall–Kier alpha value is -1.90. The molecule has 7 nitrogen and oxygen atoms in total. The first-order valence-electron chi connectivity index (χ1n) is 6.29. The Kier molecular flexibility index (Phi) is 6.10. The molecule has 120 valence electrons. The lowest BCUT2D eigenvalue weighted by Crippen LogP contribution is -2.39. The van der Waals surface area contributed by atoms with Crippen molar-refractivity contribution in [3.05, 3.63) is 36.7 Å². The number of halogens is 1. The fourth-order valence-corrected chi connectivity index (χ4v) is 3.12. The van der Waals surface area contributed by atoms with Crippen LogP contribution < -0.4 is 10.5 Å². The monoisotopic (exact) mass is 343 g/mol. The minimum atomic E-state index is -3.62. The molecule has 0 aliphatic rings. The van der Waals surface area contributed by atoms with Crippen molar-refractivity contribution < 1.29 is 8.42 Å². The third-order valence-electron chi connectivity index (χ3n) is 3.08. The van der Waals surface area contributed by atoms with Gasteiger partial charge in [0.25, 0.3) is 0 Å². The summed E-state index contributed by atoms with van der Waals surface area (Å²) in [4.78, 5) is 5.65. The molecule has 22 heavy (non-hydrogen) atoms. The average molecular weight is 344 g/mol. The van der Waals surface area contributed by atoms with Gasteiger partial charge < -0.3 is 10.6 Å². The molecule has 0 radical (unpaired) electrons. The minimum absolute atomic E-state index is 0. The zero-order valence-electron chi connectivity index (χ0n) is 12.0. The van der Waals surface area contributed by atoms with E-state index in [2.05, 4.69) is 9.71 Å². The van der Waals surface area contributed by atoms with E-state index in [0.717, 1.165) is 5.39 Å². The molecular formula is C13H18ClN5O2S. The van der Waals surface area contributed by atoms with E-state index >= 15 is 0 Å². The van der Waals surface area contributed by atoms with Crippen LogP contribution in [-0.4, -0.2) is 44.4 Å². The molecule has 4 N–H and O–H groups in total. The Balaban J connectivity index is 0.00000242. The molecule has 1 aromatic carbocycles. The van der Waals surface area contributed by atoms with E-state index < -0.39 is 10.0 Å². The third kappa shape index (κ3) is 4.06. The second-order valence-corrected chi connectivity index (χ2v) is 6.29. The fourth-order valence-electron chi connectivity index (χ4n) is 1.87. The number of pyridine rings is 1. The zero-order chi connectivity index (χ0) is 15.5. The summed E-state index contributed by atoms with van der Waals surface area (Å²) < 4.78 is 27.2. The average Bonchev–Trinajstić information content (AvgIpc) is 2.46. The molecule has 0 saturated heterocycles. The number of aromatic nitrogens is 1. The predicted octanol–water partition coefficient (Wildman–Crippen LogP) is 0.760. The molecule has 1 aromatic heterocycles. The minimum Gasteiger partial charge on any atom is -0.370 e. The number of sulfonamides is 1. The second-order valence-electron chi connectivity index (χ2n) is 4.56. The largest absolute Gasteiger partial charge is 0.370 e. The van der Waals surface area contributed by atoms with E-state index in [-0.39, 0.29) is 29.8 Å². The summed E-state index contributed by atoms with van der Waals surface area (Å²) in [5.74, 6) is -0.106. The molecule has 2 aromatic rings. The number of likely N-dealkylation sites (N-methyl/N-ethyl adjacent to an activating group) is 1. The van der Waals surface area contributed by atoms with Gasteiger partial charge in [0.1, 0.15) is 0 Å². The van der Waals surface area contributed by atoms with Gasteiger partial charge in [-0.05, 0) is 12.1 Å². The maximum absolute atomic E-state index is 12.4. The normalized spacial score (nSPS) is 11.0. The van der Waals surface area contributed by atoms with Gasteiger partial charge in [0.05, 0.1) is 4.90 Å². The van der Waals surface area contributed by atoms with Crippen molar-refractivity contribution >= 4 is 39.2 Å². The molecule has 2 rings (SSSR count). The Morgan fingerprint density at radius 2 is 2.14 bits per heavy atom. The van der Waals surface area contributed by atoms with Crippen molar-refractivity contribution in [1.82, 2.24) is 14.6 Å². The summed E-state index contributed by atoms with van der Waals surface area (Å²) in [6.07, 6.45) is 3.18. The number of fused-ring (bicyclic) bond motifs is 1. The van der Waals surface area contributed by atoms with Crippen LogP contribution in [-0.2, 0) is 10.0 Å². The molecule has 0 spiro atoms. The van der Waals surface area contributed by atoms with E-state index in [1.54, 1.807) is 37.6 Å². The molecule has 1 heterocycles. The molecule has 0 fully saturated rings. The van der Waals surface area contributed by atoms with E-state index in [4.69, 9.17) is 11.1 Å². The Morgan fingerprint density at radius 1 is 1.41 bits per heavy atom. The topological polar surface area (TPSA) is 112 Å². The summed E-state index contributed by atoms with van der Waals surface area (Å²) in [7, 11) is -2.00. The summed E-state index contributed by atoms with van der Waals surface area (Å²) in [5, 5.41) is 8.62. The predicted molar refractivity (Wildman–Crippen MR) is 88.7 cm³/mol. The lowest BCUT2D eigenvalue weighted by molar-refractivity contribution is 0.491. The zero-order valence-corrected chi connectivity index (χ0v) is 13.6. The number of hydrogen-bond acceptors (Lipinski definition) is 4. The van der Waals surface area contributed by atoms with Crippen LogP contribution in [0, 0.1) is 5.41 Å². The second kappa shape index (κ2) is 7.39. The maximum atomic E-state index is 12.4.